The first-order valence-electron chi connectivity index (χ1n) is 7.35. The molecule has 0 spiro atoms. The Balaban J connectivity index is 1.90. The van der Waals surface area contributed by atoms with E-state index >= 15 is 0 Å². The van der Waals surface area contributed by atoms with Crippen LogP contribution >= 0.6 is 0 Å². The number of nitrogens with one attached hydrogen (secondary N) is 2. The van der Waals surface area contributed by atoms with Gasteiger partial charge in [0.1, 0.15) is 5.75 Å². The number of ether oxygens (including phenoxy) is 1. The molecule has 114 valence electrons. The van der Waals surface area contributed by atoms with E-state index in [2.05, 4.69) is 10.6 Å². The molecule has 0 radical (unpaired) electrons. The highest BCUT2D eigenvalue weighted by molar-refractivity contribution is 5.94. The van der Waals surface area contributed by atoms with Gasteiger partial charge in [0.2, 0.25) is 0 Å². The maximum Gasteiger partial charge on any atom is 0.260 e. The predicted octanol–water partition coefficient (Wildman–Crippen LogP) is 1.52. The Morgan fingerprint density at radius 1 is 1.33 bits per heavy atom. The second kappa shape index (κ2) is 7.22. The van der Waals surface area contributed by atoms with Crippen molar-refractivity contribution in [1.82, 2.24) is 10.6 Å². The largest absolute Gasteiger partial charge is 0.481 e. The van der Waals surface area contributed by atoms with E-state index in [1.807, 2.05) is 0 Å². The van der Waals surface area contributed by atoms with Crippen molar-refractivity contribution in [2.75, 3.05) is 13.1 Å². The molecular weight excluding hydrogens is 268 g/mol. The molecule has 1 fully saturated rings. The van der Waals surface area contributed by atoms with Gasteiger partial charge in [0.05, 0.1) is 0 Å². The number of piperidine rings is 1. The number of carbonyl (C=O) groups excluding carboxylic acids is 2. The molecule has 1 aliphatic heterocycles. The average molecular weight is 290 g/mol. The van der Waals surface area contributed by atoms with Gasteiger partial charge >= 0.3 is 0 Å². The highest BCUT2D eigenvalue weighted by Crippen LogP contribution is 2.15. The van der Waals surface area contributed by atoms with E-state index < -0.39 is 6.10 Å². The maximum atomic E-state index is 12.1. The quantitative estimate of drug-likeness (QED) is 0.807. The molecule has 1 aliphatic rings. The van der Waals surface area contributed by atoms with Crippen molar-refractivity contribution in [1.29, 1.82) is 0 Å². The highest BCUT2D eigenvalue weighted by atomic mass is 16.5. The van der Waals surface area contributed by atoms with Crippen molar-refractivity contribution in [3.05, 3.63) is 29.8 Å². The molecule has 0 aliphatic carbocycles. The third-order valence-corrected chi connectivity index (χ3v) is 3.61. The number of rotatable bonds is 5. The Bertz CT molecular complexity index is 510. The molecule has 1 amide bonds. The maximum absolute atomic E-state index is 12.1. The van der Waals surface area contributed by atoms with Crippen molar-refractivity contribution >= 4 is 11.7 Å². The van der Waals surface area contributed by atoms with Crippen LogP contribution in [0.4, 0.5) is 0 Å². The summed E-state index contributed by atoms with van der Waals surface area (Å²) in [5, 5.41) is 6.26. The number of benzene rings is 1. The van der Waals surface area contributed by atoms with Gasteiger partial charge in [-0.25, -0.2) is 0 Å². The molecule has 1 atom stereocenters. The van der Waals surface area contributed by atoms with Crippen LogP contribution in [-0.4, -0.2) is 36.9 Å². The molecule has 5 nitrogen and oxygen atoms in total. The molecule has 2 rings (SSSR count). The number of hydrogen-bond acceptors (Lipinski definition) is 4. The van der Waals surface area contributed by atoms with E-state index in [0.717, 1.165) is 25.9 Å². The van der Waals surface area contributed by atoms with Crippen LogP contribution in [0.15, 0.2) is 24.3 Å². The minimum Gasteiger partial charge on any atom is -0.481 e. The zero-order valence-corrected chi connectivity index (χ0v) is 12.5. The summed E-state index contributed by atoms with van der Waals surface area (Å²) >= 11 is 0. The summed E-state index contributed by atoms with van der Waals surface area (Å²) in [5.41, 5.74) is 0.582. The first-order chi connectivity index (χ1) is 10.1. The Morgan fingerprint density at radius 2 is 2.05 bits per heavy atom. The number of carbonyl (C=O) groups is 2. The van der Waals surface area contributed by atoms with Crippen LogP contribution in [0, 0.1) is 0 Å². The van der Waals surface area contributed by atoms with Crippen LogP contribution in [0.2, 0.25) is 0 Å². The lowest BCUT2D eigenvalue weighted by atomic mass is 10.1. The van der Waals surface area contributed by atoms with E-state index in [0.29, 0.717) is 11.3 Å². The minimum atomic E-state index is -0.581. The molecule has 1 heterocycles. The SMILES string of the molecule is CC(=O)c1cccc(OC(C)C(=O)NC2CCNCC2)c1. The summed E-state index contributed by atoms with van der Waals surface area (Å²) in [6, 6.07) is 7.11. The standard InChI is InChI=1S/C16H22N2O3/c1-11(19)13-4-3-5-15(10-13)21-12(2)16(20)18-14-6-8-17-9-7-14/h3-5,10,12,14,17H,6-9H2,1-2H3,(H,18,20). The van der Waals surface area contributed by atoms with Gasteiger partial charge < -0.3 is 15.4 Å². The minimum absolute atomic E-state index is 0.0211. The summed E-state index contributed by atoms with van der Waals surface area (Å²) < 4.78 is 5.63. The number of amides is 1. The van der Waals surface area contributed by atoms with Crippen LogP contribution in [0.25, 0.3) is 0 Å². The van der Waals surface area contributed by atoms with Crippen molar-refractivity contribution in [3.63, 3.8) is 0 Å². The van der Waals surface area contributed by atoms with Gasteiger partial charge in [-0.1, -0.05) is 12.1 Å². The molecule has 0 aromatic heterocycles. The van der Waals surface area contributed by atoms with E-state index in [9.17, 15) is 9.59 Å². The molecule has 2 N–H and O–H groups in total. The third kappa shape index (κ3) is 4.56. The number of hydrogen-bond donors (Lipinski definition) is 2. The van der Waals surface area contributed by atoms with Crippen LogP contribution in [0.3, 0.4) is 0 Å². The first-order valence-corrected chi connectivity index (χ1v) is 7.35. The Kier molecular flexibility index (Phi) is 5.33. The fraction of sp³-hybridized carbons (Fsp3) is 0.500. The predicted molar refractivity (Wildman–Crippen MR) is 80.6 cm³/mol. The molecule has 1 saturated heterocycles. The van der Waals surface area contributed by atoms with E-state index in [-0.39, 0.29) is 17.7 Å². The summed E-state index contributed by atoms with van der Waals surface area (Å²) in [7, 11) is 0. The van der Waals surface area contributed by atoms with Crippen LogP contribution in [0.5, 0.6) is 5.75 Å². The van der Waals surface area contributed by atoms with Crippen molar-refractivity contribution < 1.29 is 14.3 Å². The number of Topliss-reactive ketones (excluding diaryl/α,β-unsaturated/α-hetero) is 1. The zero-order valence-electron chi connectivity index (χ0n) is 12.5. The van der Waals surface area contributed by atoms with Gasteiger partial charge in [-0.15, -0.1) is 0 Å². The van der Waals surface area contributed by atoms with Gasteiger partial charge in [0, 0.05) is 11.6 Å². The molecule has 5 heteroatoms. The monoisotopic (exact) mass is 290 g/mol. The Labute approximate surface area is 125 Å². The highest BCUT2D eigenvalue weighted by Gasteiger charge is 2.20. The van der Waals surface area contributed by atoms with E-state index in [1.165, 1.54) is 6.92 Å². The van der Waals surface area contributed by atoms with Gasteiger partial charge in [-0.3, -0.25) is 9.59 Å². The lowest BCUT2D eigenvalue weighted by Crippen LogP contribution is -2.46. The summed E-state index contributed by atoms with van der Waals surface area (Å²) in [4.78, 5) is 23.5. The van der Waals surface area contributed by atoms with Crippen molar-refractivity contribution in [2.24, 2.45) is 0 Å². The zero-order chi connectivity index (χ0) is 15.2. The Morgan fingerprint density at radius 3 is 2.71 bits per heavy atom. The topological polar surface area (TPSA) is 67.4 Å². The third-order valence-electron chi connectivity index (χ3n) is 3.61. The fourth-order valence-electron chi connectivity index (χ4n) is 2.33. The van der Waals surface area contributed by atoms with Gasteiger partial charge in [0.25, 0.3) is 5.91 Å². The van der Waals surface area contributed by atoms with Crippen molar-refractivity contribution in [2.45, 2.75) is 38.8 Å². The summed E-state index contributed by atoms with van der Waals surface area (Å²) in [6.07, 6.45) is 1.30. The molecule has 0 saturated carbocycles. The molecule has 0 bridgehead atoms. The molecule has 21 heavy (non-hydrogen) atoms. The lowest BCUT2D eigenvalue weighted by molar-refractivity contribution is -0.128. The van der Waals surface area contributed by atoms with Gasteiger partial charge in [-0.05, 0) is 51.9 Å². The molecule has 1 unspecified atom stereocenters. The van der Waals surface area contributed by atoms with Gasteiger partial charge in [0.15, 0.2) is 11.9 Å². The van der Waals surface area contributed by atoms with Crippen LogP contribution < -0.4 is 15.4 Å². The fourth-order valence-corrected chi connectivity index (χ4v) is 2.33. The summed E-state index contributed by atoms with van der Waals surface area (Å²) in [5.74, 6) is 0.401. The van der Waals surface area contributed by atoms with E-state index in [1.54, 1.807) is 31.2 Å². The first kappa shape index (κ1) is 15.5. The Hall–Kier alpha value is -1.88. The lowest BCUT2D eigenvalue weighted by Gasteiger charge is -2.25. The summed E-state index contributed by atoms with van der Waals surface area (Å²) in [6.45, 7) is 5.09. The second-order valence-corrected chi connectivity index (χ2v) is 5.38. The smallest absolute Gasteiger partial charge is 0.260 e. The normalized spacial score (nSPS) is 17.0. The molecular formula is C16H22N2O3. The van der Waals surface area contributed by atoms with Crippen LogP contribution in [-0.2, 0) is 4.79 Å². The van der Waals surface area contributed by atoms with Crippen molar-refractivity contribution in [3.8, 4) is 5.75 Å². The van der Waals surface area contributed by atoms with Crippen LogP contribution in [0.1, 0.15) is 37.0 Å². The average Bonchev–Trinajstić information content (AvgIpc) is 2.48. The van der Waals surface area contributed by atoms with E-state index in [4.69, 9.17) is 4.74 Å². The molecule has 1 aromatic carbocycles. The second-order valence-electron chi connectivity index (χ2n) is 5.38. The molecule has 1 aromatic rings. The number of ketones is 1. The van der Waals surface area contributed by atoms with Gasteiger partial charge in [-0.2, -0.15) is 0 Å².